The molecule has 0 amide bonds. The second kappa shape index (κ2) is 6.07. The van der Waals surface area contributed by atoms with Gasteiger partial charge in [0.1, 0.15) is 0 Å². The van der Waals surface area contributed by atoms with Gasteiger partial charge < -0.3 is 5.32 Å². The Bertz CT molecular complexity index is 344. The minimum atomic E-state index is 0.670. The monoisotopic (exact) mass is 343 g/mol. The molecule has 0 spiro atoms. The van der Waals surface area contributed by atoms with E-state index in [1.807, 2.05) is 0 Å². The zero-order chi connectivity index (χ0) is 12.3. The standard InChI is InChI=1S/C15H22IN/c1-11(2)14-5-3-4-6-15(14)17-13-9-7-12(16)8-10-13/h7-11,14-15,17H,3-6H2,1-2H3. The van der Waals surface area contributed by atoms with Gasteiger partial charge in [-0.25, -0.2) is 0 Å². The molecular weight excluding hydrogens is 321 g/mol. The Morgan fingerprint density at radius 1 is 1.12 bits per heavy atom. The van der Waals surface area contributed by atoms with Crippen LogP contribution in [0.5, 0.6) is 0 Å². The van der Waals surface area contributed by atoms with Gasteiger partial charge >= 0.3 is 0 Å². The first-order chi connectivity index (χ1) is 8.16. The van der Waals surface area contributed by atoms with Crippen molar-refractivity contribution in [2.75, 3.05) is 5.32 Å². The van der Waals surface area contributed by atoms with Crippen LogP contribution in [-0.2, 0) is 0 Å². The van der Waals surface area contributed by atoms with E-state index in [9.17, 15) is 0 Å². The summed E-state index contributed by atoms with van der Waals surface area (Å²) >= 11 is 2.35. The van der Waals surface area contributed by atoms with Crippen LogP contribution in [0.4, 0.5) is 5.69 Å². The van der Waals surface area contributed by atoms with E-state index in [2.05, 4.69) is 66.0 Å². The molecule has 1 nitrogen and oxygen atoms in total. The number of nitrogens with one attached hydrogen (secondary N) is 1. The summed E-state index contributed by atoms with van der Waals surface area (Å²) in [5, 5.41) is 3.74. The molecule has 2 heteroatoms. The Morgan fingerprint density at radius 3 is 2.41 bits per heavy atom. The minimum absolute atomic E-state index is 0.670. The smallest absolute Gasteiger partial charge is 0.0343 e. The third-order valence-corrected chi connectivity index (χ3v) is 4.59. The first-order valence-corrected chi connectivity index (χ1v) is 7.77. The van der Waals surface area contributed by atoms with E-state index in [-0.39, 0.29) is 0 Å². The normalized spacial score (nSPS) is 24.9. The first-order valence-electron chi connectivity index (χ1n) is 6.69. The molecular formula is C15H22IN. The lowest BCUT2D eigenvalue weighted by molar-refractivity contribution is 0.254. The van der Waals surface area contributed by atoms with Gasteiger partial charge in [0.15, 0.2) is 0 Å². The molecule has 0 aliphatic heterocycles. The van der Waals surface area contributed by atoms with E-state index in [0.717, 1.165) is 11.8 Å². The molecule has 0 aromatic heterocycles. The lowest BCUT2D eigenvalue weighted by Gasteiger charge is -2.35. The van der Waals surface area contributed by atoms with Gasteiger partial charge in [-0.2, -0.15) is 0 Å². The molecule has 1 N–H and O–H groups in total. The molecule has 0 saturated heterocycles. The Balaban J connectivity index is 2.02. The van der Waals surface area contributed by atoms with Gasteiger partial charge in [0.2, 0.25) is 0 Å². The Morgan fingerprint density at radius 2 is 1.76 bits per heavy atom. The maximum atomic E-state index is 3.74. The number of anilines is 1. The lowest BCUT2D eigenvalue weighted by atomic mass is 9.78. The highest BCUT2D eigenvalue weighted by atomic mass is 127. The molecule has 0 heterocycles. The van der Waals surface area contributed by atoms with E-state index < -0.39 is 0 Å². The molecule has 2 rings (SSSR count). The number of hydrogen-bond acceptors (Lipinski definition) is 1. The SMILES string of the molecule is CC(C)C1CCCCC1Nc1ccc(I)cc1. The van der Waals surface area contributed by atoms with Crippen molar-refractivity contribution in [2.24, 2.45) is 11.8 Å². The van der Waals surface area contributed by atoms with E-state index in [1.54, 1.807) is 0 Å². The van der Waals surface area contributed by atoms with Crippen LogP contribution in [0.1, 0.15) is 39.5 Å². The molecule has 2 unspecified atom stereocenters. The predicted molar refractivity (Wildman–Crippen MR) is 83.4 cm³/mol. The van der Waals surface area contributed by atoms with Crippen molar-refractivity contribution in [3.05, 3.63) is 27.8 Å². The average molecular weight is 343 g/mol. The van der Waals surface area contributed by atoms with Crippen molar-refractivity contribution < 1.29 is 0 Å². The molecule has 0 bridgehead atoms. The molecule has 94 valence electrons. The molecule has 2 atom stereocenters. The van der Waals surface area contributed by atoms with Gasteiger partial charge in [-0.1, -0.05) is 26.7 Å². The summed E-state index contributed by atoms with van der Waals surface area (Å²) in [4.78, 5) is 0. The number of benzene rings is 1. The van der Waals surface area contributed by atoms with Crippen LogP contribution in [0.2, 0.25) is 0 Å². The van der Waals surface area contributed by atoms with Crippen LogP contribution in [-0.4, -0.2) is 6.04 Å². The summed E-state index contributed by atoms with van der Waals surface area (Å²) in [5.41, 5.74) is 1.28. The van der Waals surface area contributed by atoms with Crippen molar-refractivity contribution >= 4 is 28.3 Å². The van der Waals surface area contributed by atoms with Gasteiger partial charge in [0.05, 0.1) is 0 Å². The average Bonchev–Trinajstić information content (AvgIpc) is 2.32. The summed E-state index contributed by atoms with van der Waals surface area (Å²) in [6, 6.07) is 9.43. The lowest BCUT2D eigenvalue weighted by Crippen LogP contribution is -2.35. The first kappa shape index (κ1) is 13.2. The fourth-order valence-electron chi connectivity index (χ4n) is 2.90. The van der Waals surface area contributed by atoms with Gasteiger partial charge in [0.25, 0.3) is 0 Å². The fraction of sp³-hybridized carbons (Fsp3) is 0.600. The van der Waals surface area contributed by atoms with Gasteiger partial charge in [0, 0.05) is 15.3 Å². The predicted octanol–water partition coefficient (Wildman–Crippen LogP) is 4.92. The zero-order valence-electron chi connectivity index (χ0n) is 10.7. The van der Waals surface area contributed by atoms with Crippen molar-refractivity contribution in [2.45, 2.75) is 45.6 Å². The van der Waals surface area contributed by atoms with Crippen molar-refractivity contribution in [3.63, 3.8) is 0 Å². The molecule has 1 saturated carbocycles. The molecule has 1 fully saturated rings. The largest absolute Gasteiger partial charge is 0.382 e. The van der Waals surface area contributed by atoms with Gasteiger partial charge in [-0.3, -0.25) is 0 Å². The summed E-state index contributed by atoms with van der Waals surface area (Å²) in [5.74, 6) is 1.62. The molecule has 1 aromatic rings. The number of rotatable bonds is 3. The van der Waals surface area contributed by atoms with E-state index >= 15 is 0 Å². The topological polar surface area (TPSA) is 12.0 Å². The van der Waals surface area contributed by atoms with E-state index in [4.69, 9.17) is 0 Å². The number of halogens is 1. The van der Waals surface area contributed by atoms with Gasteiger partial charge in [-0.15, -0.1) is 0 Å². The molecule has 17 heavy (non-hydrogen) atoms. The van der Waals surface area contributed by atoms with E-state index in [1.165, 1.54) is 34.9 Å². The Labute approximate surface area is 119 Å². The van der Waals surface area contributed by atoms with Crippen LogP contribution < -0.4 is 5.32 Å². The highest BCUT2D eigenvalue weighted by Crippen LogP contribution is 2.32. The molecule has 1 aliphatic rings. The third kappa shape index (κ3) is 3.60. The molecule has 1 aromatic carbocycles. The quantitative estimate of drug-likeness (QED) is 0.769. The second-order valence-electron chi connectivity index (χ2n) is 5.45. The highest BCUT2D eigenvalue weighted by molar-refractivity contribution is 14.1. The van der Waals surface area contributed by atoms with Crippen LogP contribution in [0, 0.1) is 15.4 Å². The van der Waals surface area contributed by atoms with Crippen molar-refractivity contribution in [3.8, 4) is 0 Å². The Hall–Kier alpha value is -0.250. The summed E-state index contributed by atoms with van der Waals surface area (Å²) in [6.07, 6.45) is 5.51. The van der Waals surface area contributed by atoms with Crippen molar-refractivity contribution in [1.82, 2.24) is 0 Å². The third-order valence-electron chi connectivity index (χ3n) is 3.87. The second-order valence-corrected chi connectivity index (χ2v) is 6.70. The van der Waals surface area contributed by atoms with Crippen LogP contribution in [0.25, 0.3) is 0 Å². The minimum Gasteiger partial charge on any atom is -0.382 e. The summed E-state index contributed by atoms with van der Waals surface area (Å²) in [7, 11) is 0. The number of hydrogen-bond donors (Lipinski definition) is 1. The molecule has 1 aliphatic carbocycles. The summed E-state index contributed by atoms with van der Waals surface area (Å²) < 4.78 is 1.30. The van der Waals surface area contributed by atoms with E-state index in [0.29, 0.717) is 6.04 Å². The van der Waals surface area contributed by atoms with Crippen molar-refractivity contribution in [1.29, 1.82) is 0 Å². The highest BCUT2D eigenvalue weighted by Gasteiger charge is 2.27. The van der Waals surface area contributed by atoms with Crippen LogP contribution in [0.15, 0.2) is 24.3 Å². The van der Waals surface area contributed by atoms with Gasteiger partial charge in [-0.05, 0) is 71.5 Å². The maximum Gasteiger partial charge on any atom is 0.0343 e. The fourth-order valence-corrected chi connectivity index (χ4v) is 3.26. The van der Waals surface area contributed by atoms with Crippen LogP contribution >= 0.6 is 22.6 Å². The van der Waals surface area contributed by atoms with Crippen LogP contribution in [0.3, 0.4) is 0 Å². The zero-order valence-corrected chi connectivity index (χ0v) is 12.9. The maximum absolute atomic E-state index is 3.74. The Kier molecular flexibility index (Phi) is 4.71. The molecule has 0 radical (unpaired) electrons. The summed E-state index contributed by atoms with van der Waals surface area (Å²) in [6.45, 7) is 4.72.